The highest BCUT2D eigenvalue weighted by molar-refractivity contribution is 5.82. The minimum absolute atomic E-state index is 0.0532. The molecule has 162 valence electrons. The minimum Gasteiger partial charge on any atom is -0.366 e. The van der Waals surface area contributed by atoms with Crippen LogP contribution in [0.2, 0.25) is 0 Å². The predicted molar refractivity (Wildman–Crippen MR) is 113 cm³/mol. The number of amides is 1. The van der Waals surface area contributed by atoms with Gasteiger partial charge in [0.15, 0.2) is 0 Å². The lowest BCUT2D eigenvalue weighted by Crippen LogP contribution is -2.50. The average molecular weight is 414 g/mol. The summed E-state index contributed by atoms with van der Waals surface area (Å²) in [5, 5.41) is 17.0. The Bertz CT molecular complexity index is 831. The molecule has 0 radical (unpaired) electrons. The number of nitrogens with one attached hydrogen (secondary N) is 2. The van der Waals surface area contributed by atoms with Crippen LogP contribution in [0.25, 0.3) is 11.3 Å². The molecule has 0 bridgehead atoms. The summed E-state index contributed by atoms with van der Waals surface area (Å²) in [7, 11) is 0. The summed E-state index contributed by atoms with van der Waals surface area (Å²) in [6.45, 7) is 5.15. The van der Waals surface area contributed by atoms with E-state index in [1.807, 2.05) is 27.8 Å². The van der Waals surface area contributed by atoms with Crippen molar-refractivity contribution in [2.24, 2.45) is 0 Å². The van der Waals surface area contributed by atoms with Crippen molar-refractivity contribution < 1.29 is 14.7 Å². The van der Waals surface area contributed by atoms with Gasteiger partial charge in [0.05, 0.1) is 24.0 Å². The molecule has 1 amide bonds. The standard InChI is InChI=1S/C22H31N5O3/c1-16(27(18-8-9-18)22(28)21-15-23-11-13-30-21)19-14-20(17-6-3-2-4-7-17)26(25-19)12-5-10-24-29/h2-4,6-7,14,16,18,21,23-24,29H,5,8-13,15H2,1H3/t16-,21-/m1/s1. The molecule has 2 aliphatic rings. The first-order chi connectivity index (χ1) is 14.7. The van der Waals surface area contributed by atoms with Crippen LogP contribution in [0.1, 0.15) is 37.9 Å². The van der Waals surface area contributed by atoms with E-state index >= 15 is 0 Å². The molecule has 4 rings (SSSR count). The molecule has 2 atom stereocenters. The molecule has 2 fully saturated rings. The van der Waals surface area contributed by atoms with Crippen molar-refractivity contribution in [3.05, 3.63) is 42.1 Å². The third-order valence-electron chi connectivity index (χ3n) is 5.77. The van der Waals surface area contributed by atoms with Crippen LogP contribution in [0.5, 0.6) is 0 Å². The summed E-state index contributed by atoms with van der Waals surface area (Å²) in [6, 6.07) is 12.4. The van der Waals surface area contributed by atoms with Crippen LogP contribution >= 0.6 is 0 Å². The number of ether oxygens (including phenoxy) is 1. The topological polar surface area (TPSA) is 91.7 Å². The number of hydroxylamine groups is 1. The van der Waals surface area contributed by atoms with E-state index in [1.54, 1.807) is 0 Å². The molecule has 1 aromatic carbocycles. The number of nitrogens with zero attached hydrogens (tertiary/aromatic N) is 3. The molecular weight excluding hydrogens is 382 g/mol. The van der Waals surface area contributed by atoms with Crippen LogP contribution in [0.3, 0.4) is 0 Å². The first-order valence-corrected chi connectivity index (χ1v) is 10.8. The summed E-state index contributed by atoms with van der Waals surface area (Å²) < 4.78 is 7.72. The third kappa shape index (κ3) is 4.73. The van der Waals surface area contributed by atoms with Gasteiger partial charge in [0.25, 0.3) is 5.91 Å². The highest BCUT2D eigenvalue weighted by Crippen LogP contribution is 2.36. The summed E-state index contributed by atoms with van der Waals surface area (Å²) in [6.07, 6.45) is 2.39. The van der Waals surface area contributed by atoms with E-state index in [4.69, 9.17) is 15.0 Å². The molecule has 1 saturated carbocycles. The maximum Gasteiger partial charge on any atom is 0.253 e. The van der Waals surface area contributed by atoms with Crippen molar-refractivity contribution in [1.82, 2.24) is 25.5 Å². The second-order valence-electron chi connectivity index (χ2n) is 8.02. The molecule has 1 aromatic heterocycles. The van der Waals surface area contributed by atoms with E-state index in [2.05, 4.69) is 35.9 Å². The fourth-order valence-corrected chi connectivity index (χ4v) is 4.03. The average Bonchev–Trinajstić information content (AvgIpc) is 3.53. The van der Waals surface area contributed by atoms with Crippen molar-refractivity contribution in [1.29, 1.82) is 0 Å². The van der Waals surface area contributed by atoms with E-state index in [0.717, 1.165) is 42.8 Å². The Hall–Kier alpha value is -2.26. The van der Waals surface area contributed by atoms with E-state index in [1.165, 1.54) is 0 Å². The third-order valence-corrected chi connectivity index (χ3v) is 5.77. The maximum absolute atomic E-state index is 13.3. The van der Waals surface area contributed by atoms with Gasteiger partial charge in [-0.15, -0.1) is 0 Å². The van der Waals surface area contributed by atoms with Gasteiger partial charge < -0.3 is 20.2 Å². The van der Waals surface area contributed by atoms with Gasteiger partial charge in [-0.25, -0.2) is 5.48 Å². The lowest BCUT2D eigenvalue weighted by Gasteiger charge is -2.33. The van der Waals surface area contributed by atoms with Gasteiger partial charge in [0, 0.05) is 32.2 Å². The van der Waals surface area contributed by atoms with Crippen molar-refractivity contribution in [3.8, 4) is 11.3 Å². The van der Waals surface area contributed by atoms with Gasteiger partial charge in [0.1, 0.15) is 6.10 Å². The number of morpholine rings is 1. The summed E-state index contributed by atoms with van der Waals surface area (Å²) >= 11 is 0. The molecule has 1 aliphatic carbocycles. The van der Waals surface area contributed by atoms with E-state index in [0.29, 0.717) is 26.2 Å². The Morgan fingerprint density at radius 2 is 2.20 bits per heavy atom. The van der Waals surface area contributed by atoms with Crippen LogP contribution in [-0.2, 0) is 16.1 Å². The lowest BCUT2D eigenvalue weighted by atomic mass is 10.1. The Morgan fingerprint density at radius 3 is 2.87 bits per heavy atom. The lowest BCUT2D eigenvalue weighted by molar-refractivity contribution is -0.148. The van der Waals surface area contributed by atoms with Crippen molar-refractivity contribution in [3.63, 3.8) is 0 Å². The first kappa shape index (κ1) is 21.0. The molecule has 0 spiro atoms. The van der Waals surface area contributed by atoms with Gasteiger partial charge in [-0.2, -0.15) is 5.10 Å². The second kappa shape index (κ2) is 9.70. The van der Waals surface area contributed by atoms with Crippen molar-refractivity contribution in [2.45, 2.75) is 50.9 Å². The Morgan fingerprint density at radius 1 is 1.40 bits per heavy atom. The van der Waals surface area contributed by atoms with Gasteiger partial charge in [-0.1, -0.05) is 30.3 Å². The summed E-state index contributed by atoms with van der Waals surface area (Å²) in [5.41, 5.74) is 5.20. The smallest absolute Gasteiger partial charge is 0.253 e. The molecule has 2 heterocycles. The SMILES string of the molecule is C[C@H](c1cc(-c2ccccc2)n(CCCNO)n1)N(C(=O)[C@H]1CNCCO1)C1CC1. The highest BCUT2D eigenvalue weighted by Gasteiger charge is 2.40. The Kier molecular flexibility index (Phi) is 6.79. The number of rotatable bonds is 9. The number of hydrogen-bond acceptors (Lipinski definition) is 6. The van der Waals surface area contributed by atoms with Gasteiger partial charge in [0.2, 0.25) is 0 Å². The Labute approximate surface area is 177 Å². The molecule has 8 nitrogen and oxygen atoms in total. The normalized spacial score (nSPS) is 20.1. The number of aromatic nitrogens is 2. The maximum atomic E-state index is 13.3. The monoisotopic (exact) mass is 413 g/mol. The molecule has 30 heavy (non-hydrogen) atoms. The molecule has 1 saturated heterocycles. The van der Waals surface area contributed by atoms with Gasteiger partial charge in [-0.05, 0) is 37.8 Å². The zero-order valence-corrected chi connectivity index (χ0v) is 17.5. The van der Waals surface area contributed by atoms with Crippen LogP contribution in [0.15, 0.2) is 36.4 Å². The fourth-order valence-electron chi connectivity index (χ4n) is 4.03. The zero-order valence-electron chi connectivity index (χ0n) is 17.5. The minimum atomic E-state index is -0.423. The predicted octanol–water partition coefficient (Wildman–Crippen LogP) is 1.96. The molecule has 0 unspecified atom stereocenters. The second-order valence-corrected chi connectivity index (χ2v) is 8.02. The summed E-state index contributed by atoms with van der Waals surface area (Å²) in [5.74, 6) is 0.0532. The largest absolute Gasteiger partial charge is 0.366 e. The van der Waals surface area contributed by atoms with Crippen LogP contribution in [0.4, 0.5) is 0 Å². The fraction of sp³-hybridized carbons (Fsp3) is 0.545. The summed E-state index contributed by atoms with van der Waals surface area (Å²) in [4.78, 5) is 15.2. The van der Waals surface area contributed by atoms with Crippen LogP contribution in [-0.4, -0.2) is 64.2 Å². The molecule has 2 aromatic rings. The van der Waals surface area contributed by atoms with E-state index in [9.17, 15) is 4.79 Å². The number of carbonyl (C=O) groups excluding carboxylic acids is 1. The van der Waals surface area contributed by atoms with Gasteiger partial charge >= 0.3 is 0 Å². The van der Waals surface area contributed by atoms with Crippen LogP contribution in [0, 0.1) is 0 Å². The van der Waals surface area contributed by atoms with Crippen molar-refractivity contribution >= 4 is 5.91 Å². The zero-order chi connectivity index (χ0) is 20.9. The van der Waals surface area contributed by atoms with E-state index in [-0.39, 0.29) is 18.0 Å². The Balaban J connectivity index is 1.60. The molecule has 3 N–H and O–H groups in total. The number of carbonyl (C=O) groups is 1. The highest BCUT2D eigenvalue weighted by atomic mass is 16.5. The molecule has 8 heteroatoms. The van der Waals surface area contributed by atoms with E-state index < -0.39 is 6.10 Å². The van der Waals surface area contributed by atoms with Gasteiger partial charge in [-0.3, -0.25) is 9.48 Å². The molecule has 1 aliphatic heterocycles. The first-order valence-electron chi connectivity index (χ1n) is 10.8. The van der Waals surface area contributed by atoms with Crippen LogP contribution < -0.4 is 10.8 Å². The quantitative estimate of drug-likeness (QED) is 0.430. The number of hydrogen-bond donors (Lipinski definition) is 3. The number of benzene rings is 1. The number of aryl methyl sites for hydroxylation is 1. The van der Waals surface area contributed by atoms with Crippen molar-refractivity contribution in [2.75, 3.05) is 26.2 Å². The molecular formula is C22H31N5O3.